The van der Waals surface area contributed by atoms with E-state index in [1.165, 1.54) is 6.42 Å². The van der Waals surface area contributed by atoms with Gasteiger partial charge in [-0.15, -0.1) is 0 Å². The van der Waals surface area contributed by atoms with Gasteiger partial charge in [0.05, 0.1) is 12.4 Å². The Balaban J connectivity index is 2.00. The van der Waals surface area contributed by atoms with Gasteiger partial charge in [0.1, 0.15) is 0 Å². The Labute approximate surface area is 102 Å². The number of rotatable bonds is 5. The summed E-state index contributed by atoms with van der Waals surface area (Å²) >= 11 is 0. The lowest BCUT2D eigenvalue weighted by atomic mass is 9.71. The van der Waals surface area contributed by atoms with Gasteiger partial charge in [-0.1, -0.05) is 20.3 Å². The smallest absolute Gasteiger partial charge is 0.153 e. The Bertz CT molecular complexity index is 379. The van der Waals surface area contributed by atoms with Crippen LogP contribution in [0.25, 0.3) is 0 Å². The molecule has 1 saturated carbocycles. The summed E-state index contributed by atoms with van der Waals surface area (Å²) in [6.07, 6.45) is 7.42. The zero-order valence-electron chi connectivity index (χ0n) is 10.6. The molecule has 1 aliphatic rings. The number of H-pyrrole nitrogens is 1. The predicted octanol–water partition coefficient (Wildman–Crippen LogP) is 1.67. The third kappa shape index (κ3) is 2.57. The number of Topliss-reactive ketones (excluding diaryl/α,β-unsaturated/α-hetero) is 1. The molecule has 1 aromatic rings. The van der Waals surface area contributed by atoms with Gasteiger partial charge in [0.25, 0.3) is 0 Å². The molecule has 0 radical (unpaired) electrons. The van der Waals surface area contributed by atoms with Crippen LogP contribution in [0.2, 0.25) is 0 Å². The summed E-state index contributed by atoms with van der Waals surface area (Å²) < 4.78 is 0. The number of hydrogen-bond acceptors (Lipinski definition) is 3. The molecule has 3 N–H and O–H groups in total. The first-order chi connectivity index (χ1) is 8.00. The Morgan fingerprint density at radius 3 is 2.82 bits per heavy atom. The van der Waals surface area contributed by atoms with Crippen molar-refractivity contribution >= 4 is 5.78 Å². The van der Waals surface area contributed by atoms with E-state index in [2.05, 4.69) is 23.8 Å². The number of hydrogen-bond donors (Lipinski definition) is 2. The van der Waals surface area contributed by atoms with Gasteiger partial charge >= 0.3 is 0 Å². The summed E-state index contributed by atoms with van der Waals surface area (Å²) in [5, 5.41) is 0. The third-order valence-corrected chi connectivity index (χ3v) is 3.86. The third-order valence-electron chi connectivity index (χ3n) is 3.86. The molecular weight excluding hydrogens is 214 g/mol. The number of ketones is 1. The second-order valence-corrected chi connectivity index (χ2v) is 5.75. The van der Waals surface area contributed by atoms with E-state index in [1.54, 1.807) is 12.5 Å². The van der Waals surface area contributed by atoms with Crippen LogP contribution in [0.1, 0.15) is 38.8 Å². The van der Waals surface area contributed by atoms with Gasteiger partial charge < -0.3 is 10.7 Å². The van der Waals surface area contributed by atoms with Crippen molar-refractivity contribution in [3.8, 4) is 0 Å². The van der Waals surface area contributed by atoms with Crippen LogP contribution in [-0.2, 0) is 11.2 Å². The van der Waals surface area contributed by atoms with E-state index < -0.39 is 0 Å². The number of nitrogens with one attached hydrogen (secondary N) is 1. The van der Waals surface area contributed by atoms with Crippen molar-refractivity contribution in [2.45, 2.75) is 45.6 Å². The molecule has 1 heterocycles. The molecule has 1 unspecified atom stereocenters. The van der Waals surface area contributed by atoms with Crippen LogP contribution in [0.3, 0.4) is 0 Å². The summed E-state index contributed by atoms with van der Waals surface area (Å²) in [4.78, 5) is 19.2. The molecule has 0 bridgehead atoms. The van der Waals surface area contributed by atoms with Gasteiger partial charge in [0, 0.05) is 17.8 Å². The van der Waals surface area contributed by atoms with Gasteiger partial charge in [-0.3, -0.25) is 4.79 Å². The fourth-order valence-corrected chi connectivity index (χ4v) is 2.31. The van der Waals surface area contributed by atoms with Crippen molar-refractivity contribution in [3.05, 3.63) is 18.2 Å². The van der Waals surface area contributed by atoms with Crippen LogP contribution in [-0.4, -0.2) is 21.8 Å². The lowest BCUT2D eigenvalue weighted by Gasteiger charge is -2.35. The molecule has 0 amide bonds. The van der Waals surface area contributed by atoms with Gasteiger partial charge in [-0.05, 0) is 24.7 Å². The second kappa shape index (κ2) is 4.61. The van der Waals surface area contributed by atoms with E-state index in [1.807, 2.05) is 0 Å². The molecule has 1 aromatic heterocycles. The normalized spacial score (nSPS) is 18.8. The number of carbonyl (C=O) groups excluding carboxylic acids is 1. The zero-order valence-corrected chi connectivity index (χ0v) is 10.6. The molecule has 4 heteroatoms. The fourth-order valence-electron chi connectivity index (χ4n) is 2.31. The molecule has 0 aromatic carbocycles. The molecule has 17 heavy (non-hydrogen) atoms. The molecule has 1 aliphatic carbocycles. The molecule has 2 rings (SSSR count). The minimum Gasteiger partial charge on any atom is -0.348 e. The average molecular weight is 235 g/mol. The topological polar surface area (TPSA) is 71.8 Å². The lowest BCUT2D eigenvalue weighted by Crippen LogP contribution is -2.49. The first kappa shape index (κ1) is 12.3. The standard InChI is InChI=1S/C13H21N3O/c1-13(2,6-10-7-15-8-16-10)12(14)11(17)9-4-3-5-9/h7-9,12H,3-6,14H2,1-2H3,(H,15,16). The average Bonchev–Trinajstić information content (AvgIpc) is 2.65. The van der Waals surface area contributed by atoms with Crippen molar-refractivity contribution in [1.29, 1.82) is 0 Å². The second-order valence-electron chi connectivity index (χ2n) is 5.75. The maximum Gasteiger partial charge on any atom is 0.153 e. The van der Waals surface area contributed by atoms with Gasteiger partial charge in [-0.25, -0.2) is 4.98 Å². The summed E-state index contributed by atoms with van der Waals surface area (Å²) in [6, 6.07) is -0.379. The number of aromatic amines is 1. The van der Waals surface area contributed by atoms with E-state index in [0.717, 1.165) is 25.0 Å². The van der Waals surface area contributed by atoms with Crippen molar-refractivity contribution in [3.63, 3.8) is 0 Å². The molecule has 1 atom stereocenters. The molecular formula is C13H21N3O. The van der Waals surface area contributed by atoms with E-state index in [9.17, 15) is 4.79 Å². The molecule has 94 valence electrons. The van der Waals surface area contributed by atoms with Gasteiger partial charge in [-0.2, -0.15) is 0 Å². The van der Waals surface area contributed by atoms with E-state index in [-0.39, 0.29) is 23.2 Å². The Hall–Kier alpha value is -1.16. The van der Waals surface area contributed by atoms with Crippen LogP contribution in [0.5, 0.6) is 0 Å². The first-order valence-electron chi connectivity index (χ1n) is 6.27. The van der Waals surface area contributed by atoms with Crippen molar-refractivity contribution < 1.29 is 4.79 Å². The highest BCUT2D eigenvalue weighted by atomic mass is 16.1. The minimum atomic E-state index is -0.379. The first-order valence-corrected chi connectivity index (χ1v) is 6.27. The summed E-state index contributed by atoms with van der Waals surface area (Å²) in [7, 11) is 0. The summed E-state index contributed by atoms with van der Waals surface area (Å²) in [6.45, 7) is 4.10. The monoisotopic (exact) mass is 235 g/mol. The van der Waals surface area contributed by atoms with Crippen LogP contribution < -0.4 is 5.73 Å². The summed E-state index contributed by atoms with van der Waals surface area (Å²) in [5.41, 5.74) is 6.95. The highest BCUT2D eigenvalue weighted by molar-refractivity contribution is 5.87. The van der Waals surface area contributed by atoms with E-state index >= 15 is 0 Å². The van der Waals surface area contributed by atoms with Crippen LogP contribution in [0.15, 0.2) is 12.5 Å². The molecule has 0 saturated heterocycles. The van der Waals surface area contributed by atoms with Crippen LogP contribution in [0, 0.1) is 11.3 Å². The zero-order chi connectivity index (χ0) is 12.5. The Morgan fingerprint density at radius 1 is 1.65 bits per heavy atom. The fraction of sp³-hybridized carbons (Fsp3) is 0.692. The lowest BCUT2D eigenvalue weighted by molar-refractivity contribution is -0.129. The van der Waals surface area contributed by atoms with Crippen LogP contribution >= 0.6 is 0 Å². The van der Waals surface area contributed by atoms with Gasteiger partial charge in [0.2, 0.25) is 0 Å². The van der Waals surface area contributed by atoms with E-state index in [0.29, 0.717) is 0 Å². The number of nitrogens with two attached hydrogens (primary N) is 1. The highest BCUT2D eigenvalue weighted by Gasteiger charge is 2.37. The minimum absolute atomic E-state index is 0.214. The van der Waals surface area contributed by atoms with Crippen molar-refractivity contribution in [2.24, 2.45) is 17.1 Å². The van der Waals surface area contributed by atoms with Crippen LogP contribution in [0.4, 0.5) is 0 Å². The predicted molar refractivity (Wildman–Crippen MR) is 66.4 cm³/mol. The number of aromatic nitrogens is 2. The quantitative estimate of drug-likeness (QED) is 0.815. The Morgan fingerprint density at radius 2 is 2.35 bits per heavy atom. The number of nitrogens with zero attached hydrogens (tertiary/aromatic N) is 1. The highest BCUT2D eigenvalue weighted by Crippen LogP contribution is 2.33. The van der Waals surface area contributed by atoms with E-state index in [4.69, 9.17) is 5.73 Å². The summed E-state index contributed by atoms with van der Waals surface area (Å²) in [5.74, 6) is 0.451. The van der Waals surface area contributed by atoms with Crippen molar-refractivity contribution in [1.82, 2.24) is 9.97 Å². The maximum absolute atomic E-state index is 12.1. The number of imidazole rings is 1. The number of carbonyl (C=O) groups is 1. The largest absolute Gasteiger partial charge is 0.348 e. The molecule has 0 aliphatic heterocycles. The molecule has 4 nitrogen and oxygen atoms in total. The van der Waals surface area contributed by atoms with Gasteiger partial charge in [0.15, 0.2) is 5.78 Å². The Kier molecular flexibility index (Phi) is 3.33. The molecule has 1 fully saturated rings. The van der Waals surface area contributed by atoms with Crippen molar-refractivity contribution in [2.75, 3.05) is 0 Å². The SMILES string of the molecule is CC(C)(Cc1cnc[nH]1)C(N)C(=O)C1CCC1. The molecule has 0 spiro atoms. The maximum atomic E-state index is 12.1.